The first-order valence-corrected chi connectivity index (χ1v) is 6.25. The molecule has 5 nitrogen and oxygen atoms in total. The van der Waals surface area contributed by atoms with Gasteiger partial charge in [-0.3, -0.25) is 5.32 Å². The van der Waals surface area contributed by atoms with Crippen LogP contribution in [0.2, 0.25) is 0 Å². The zero-order valence-corrected chi connectivity index (χ0v) is 11.4. The van der Waals surface area contributed by atoms with E-state index in [4.69, 9.17) is 9.47 Å². The number of methoxy groups -OCH3 is 2. The Balaban J connectivity index is 2.42. The third-order valence-corrected chi connectivity index (χ3v) is 3.45. The summed E-state index contributed by atoms with van der Waals surface area (Å²) in [5.74, 6) is 0.236. The molecule has 1 aromatic rings. The van der Waals surface area contributed by atoms with Crippen LogP contribution in [-0.4, -0.2) is 31.3 Å². The minimum Gasteiger partial charge on any atom is -0.497 e. The van der Waals surface area contributed by atoms with Crippen LogP contribution in [-0.2, 0) is 10.3 Å². The highest BCUT2D eigenvalue weighted by atomic mass is 16.5. The number of benzene rings is 1. The fourth-order valence-electron chi connectivity index (χ4n) is 2.10. The van der Waals surface area contributed by atoms with Crippen LogP contribution in [0.5, 0.6) is 11.5 Å². The van der Waals surface area contributed by atoms with E-state index < -0.39 is 11.5 Å². The summed E-state index contributed by atoms with van der Waals surface area (Å²) >= 11 is 0. The summed E-state index contributed by atoms with van der Waals surface area (Å²) in [4.78, 5) is 11.7. The van der Waals surface area contributed by atoms with Crippen molar-refractivity contribution in [2.75, 3.05) is 14.2 Å². The van der Waals surface area contributed by atoms with Crippen LogP contribution >= 0.6 is 0 Å². The predicted molar refractivity (Wildman–Crippen MR) is 70.7 cm³/mol. The van der Waals surface area contributed by atoms with Gasteiger partial charge in [0.25, 0.3) is 0 Å². The third kappa shape index (κ3) is 2.66. The van der Waals surface area contributed by atoms with Gasteiger partial charge in [0.15, 0.2) is 0 Å². The monoisotopic (exact) mass is 265 g/mol. The van der Waals surface area contributed by atoms with Crippen LogP contribution in [0.15, 0.2) is 18.2 Å². The maximum absolute atomic E-state index is 11.7. The van der Waals surface area contributed by atoms with Crippen molar-refractivity contribution in [3.8, 4) is 11.5 Å². The van der Waals surface area contributed by atoms with E-state index in [9.17, 15) is 9.90 Å². The van der Waals surface area contributed by atoms with Crippen molar-refractivity contribution in [2.45, 2.75) is 31.3 Å². The summed E-state index contributed by atoms with van der Waals surface area (Å²) in [5.41, 5.74) is -0.547. The van der Waals surface area contributed by atoms with E-state index in [2.05, 4.69) is 5.32 Å². The second kappa shape index (κ2) is 5.09. The number of carboxylic acid groups (broad SMARTS) is 1. The summed E-state index contributed by atoms with van der Waals surface area (Å²) < 4.78 is 10.4. The van der Waals surface area contributed by atoms with Crippen molar-refractivity contribution in [3.63, 3.8) is 0 Å². The highest BCUT2D eigenvalue weighted by Gasteiger charge is 2.42. The van der Waals surface area contributed by atoms with Gasteiger partial charge in [-0.15, -0.1) is 0 Å². The highest BCUT2D eigenvalue weighted by Crippen LogP contribution is 2.36. The number of nitrogens with one attached hydrogen (secondary N) is 1. The number of hydrogen-bond donors (Lipinski definition) is 2. The lowest BCUT2D eigenvalue weighted by Crippen LogP contribution is -2.48. The Hall–Kier alpha value is -1.75. The van der Waals surface area contributed by atoms with Crippen LogP contribution in [0.1, 0.15) is 25.3 Å². The maximum atomic E-state index is 11.7. The van der Waals surface area contributed by atoms with Crippen molar-refractivity contribution in [2.24, 2.45) is 0 Å². The fourth-order valence-corrected chi connectivity index (χ4v) is 2.10. The van der Waals surface area contributed by atoms with Gasteiger partial charge in [0.2, 0.25) is 0 Å². The SMILES string of the molecule is COc1ccc(C(C)(NC2CC2)C(=O)O)c(OC)c1. The molecule has 0 amide bonds. The number of carbonyl (C=O) groups is 1. The molecule has 1 saturated carbocycles. The zero-order valence-electron chi connectivity index (χ0n) is 11.4. The predicted octanol–water partition coefficient (Wildman–Crippen LogP) is 1.76. The number of carboxylic acids is 1. The first kappa shape index (κ1) is 13.7. The maximum Gasteiger partial charge on any atom is 0.328 e. The van der Waals surface area contributed by atoms with E-state index in [1.807, 2.05) is 0 Å². The standard InChI is InChI=1S/C14H19NO4/c1-14(13(16)17,15-9-4-5-9)11-7-6-10(18-2)8-12(11)19-3/h6-9,15H,4-5H2,1-3H3,(H,16,17). The summed E-state index contributed by atoms with van der Waals surface area (Å²) in [5, 5.41) is 12.7. The lowest BCUT2D eigenvalue weighted by atomic mass is 9.90. The van der Waals surface area contributed by atoms with Crippen molar-refractivity contribution in [3.05, 3.63) is 23.8 Å². The fraction of sp³-hybridized carbons (Fsp3) is 0.500. The van der Waals surface area contributed by atoms with E-state index in [0.29, 0.717) is 17.1 Å². The Morgan fingerprint density at radius 3 is 2.53 bits per heavy atom. The summed E-state index contributed by atoms with van der Waals surface area (Å²) in [6.07, 6.45) is 2.03. The van der Waals surface area contributed by atoms with E-state index in [-0.39, 0.29) is 6.04 Å². The molecule has 0 saturated heterocycles. The number of rotatable bonds is 6. The minimum absolute atomic E-state index is 0.271. The molecule has 2 rings (SSSR count). The molecule has 1 aliphatic rings. The molecule has 1 aliphatic carbocycles. The number of ether oxygens (including phenoxy) is 2. The van der Waals surface area contributed by atoms with E-state index in [0.717, 1.165) is 12.8 Å². The molecular weight excluding hydrogens is 246 g/mol. The quantitative estimate of drug-likeness (QED) is 0.820. The molecule has 0 heterocycles. The van der Waals surface area contributed by atoms with Crippen LogP contribution in [0, 0.1) is 0 Å². The van der Waals surface area contributed by atoms with E-state index in [1.165, 1.54) is 7.11 Å². The lowest BCUT2D eigenvalue weighted by Gasteiger charge is -2.28. The molecule has 1 fully saturated rings. The average Bonchev–Trinajstić information content (AvgIpc) is 3.21. The summed E-state index contributed by atoms with van der Waals surface area (Å²) in [6.45, 7) is 1.66. The molecule has 0 aromatic heterocycles. The molecule has 0 radical (unpaired) electrons. The Morgan fingerprint density at radius 2 is 2.05 bits per heavy atom. The Kier molecular flexibility index (Phi) is 3.66. The minimum atomic E-state index is -1.15. The van der Waals surface area contributed by atoms with Gasteiger partial charge in [0.05, 0.1) is 14.2 Å². The first-order chi connectivity index (χ1) is 9.01. The van der Waals surface area contributed by atoms with Crippen molar-refractivity contribution in [1.29, 1.82) is 0 Å². The summed E-state index contributed by atoms with van der Waals surface area (Å²) in [6, 6.07) is 5.45. The van der Waals surface area contributed by atoms with E-state index in [1.54, 1.807) is 32.2 Å². The van der Waals surface area contributed by atoms with Crippen molar-refractivity contribution < 1.29 is 19.4 Å². The largest absolute Gasteiger partial charge is 0.497 e. The molecular formula is C14H19NO4. The molecule has 0 bridgehead atoms. The van der Waals surface area contributed by atoms with Crippen molar-refractivity contribution in [1.82, 2.24) is 5.32 Å². The Morgan fingerprint density at radius 1 is 1.37 bits per heavy atom. The highest BCUT2D eigenvalue weighted by molar-refractivity contribution is 5.81. The first-order valence-electron chi connectivity index (χ1n) is 6.25. The second-order valence-electron chi connectivity index (χ2n) is 4.91. The van der Waals surface area contributed by atoms with Gasteiger partial charge in [-0.1, -0.05) is 0 Å². The van der Waals surface area contributed by atoms with Gasteiger partial charge >= 0.3 is 5.97 Å². The second-order valence-corrected chi connectivity index (χ2v) is 4.91. The van der Waals surface area contributed by atoms with Crippen molar-refractivity contribution >= 4 is 5.97 Å². The van der Waals surface area contributed by atoms with Gasteiger partial charge in [0.1, 0.15) is 17.0 Å². The molecule has 1 aromatic carbocycles. The normalized spacial score (nSPS) is 17.6. The number of hydrogen-bond acceptors (Lipinski definition) is 4. The van der Waals surface area contributed by atoms with Gasteiger partial charge in [-0.25, -0.2) is 4.79 Å². The third-order valence-electron chi connectivity index (χ3n) is 3.45. The van der Waals surface area contributed by atoms with Crippen LogP contribution < -0.4 is 14.8 Å². The average molecular weight is 265 g/mol. The molecule has 2 N–H and O–H groups in total. The Labute approximate surface area is 112 Å². The topological polar surface area (TPSA) is 67.8 Å². The summed E-state index contributed by atoms with van der Waals surface area (Å²) in [7, 11) is 3.09. The van der Waals surface area contributed by atoms with E-state index >= 15 is 0 Å². The zero-order chi connectivity index (χ0) is 14.0. The molecule has 0 spiro atoms. The molecule has 1 atom stereocenters. The van der Waals surface area contributed by atoms with Gasteiger partial charge in [-0.2, -0.15) is 0 Å². The molecule has 19 heavy (non-hydrogen) atoms. The van der Waals surface area contributed by atoms with Crippen LogP contribution in [0.25, 0.3) is 0 Å². The molecule has 104 valence electrons. The molecule has 5 heteroatoms. The van der Waals surface area contributed by atoms with Gasteiger partial charge < -0.3 is 14.6 Å². The van der Waals surface area contributed by atoms with Crippen LogP contribution in [0.3, 0.4) is 0 Å². The lowest BCUT2D eigenvalue weighted by molar-refractivity contribution is -0.144. The number of aliphatic carboxylic acids is 1. The smallest absolute Gasteiger partial charge is 0.328 e. The molecule has 1 unspecified atom stereocenters. The Bertz CT molecular complexity index is 484. The molecule has 0 aliphatic heterocycles. The van der Waals surface area contributed by atoms with Gasteiger partial charge in [-0.05, 0) is 31.9 Å². The van der Waals surface area contributed by atoms with Gasteiger partial charge in [0, 0.05) is 17.7 Å². The van der Waals surface area contributed by atoms with Crippen LogP contribution in [0.4, 0.5) is 0 Å².